The molecule has 3 heterocycles. The van der Waals surface area contributed by atoms with Gasteiger partial charge < -0.3 is 4.74 Å². The molecule has 1 saturated heterocycles. The number of hydrogen-bond donors (Lipinski definition) is 1. The standard InChI is InChI=1S/C12H15N3O2/c1-2-8-7-13-15-11(16)6-9(14-12(8)15)10-4-3-5-17-10/h6-7,10,13H,2-5H2,1H3. The Morgan fingerprint density at radius 2 is 2.53 bits per heavy atom. The Balaban J connectivity index is 2.17. The van der Waals surface area contributed by atoms with E-state index < -0.39 is 0 Å². The van der Waals surface area contributed by atoms with Gasteiger partial charge in [0, 0.05) is 24.4 Å². The third-order valence-corrected chi connectivity index (χ3v) is 3.23. The summed E-state index contributed by atoms with van der Waals surface area (Å²) in [5, 5.41) is 2.93. The highest BCUT2D eigenvalue weighted by molar-refractivity contribution is 5.46. The number of nitrogens with one attached hydrogen (secondary N) is 1. The number of ether oxygens (including phenoxy) is 1. The minimum atomic E-state index is -0.0693. The van der Waals surface area contributed by atoms with Crippen molar-refractivity contribution in [1.82, 2.24) is 14.6 Å². The second-order valence-electron chi connectivity index (χ2n) is 4.33. The zero-order valence-electron chi connectivity index (χ0n) is 9.77. The molecular formula is C12H15N3O2. The van der Waals surface area contributed by atoms with Crippen molar-refractivity contribution in [2.45, 2.75) is 32.3 Å². The van der Waals surface area contributed by atoms with Gasteiger partial charge in [-0.05, 0) is 19.3 Å². The zero-order valence-corrected chi connectivity index (χ0v) is 9.77. The molecule has 0 radical (unpaired) electrons. The minimum Gasteiger partial charge on any atom is -0.372 e. The Bertz CT molecular complexity index is 593. The molecule has 0 spiro atoms. The summed E-state index contributed by atoms with van der Waals surface area (Å²) in [7, 11) is 0. The Hall–Kier alpha value is -1.62. The lowest BCUT2D eigenvalue weighted by atomic mass is 10.2. The number of H-pyrrole nitrogens is 1. The number of hydrogen-bond acceptors (Lipinski definition) is 3. The van der Waals surface area contributed by atoms with Crippen molar-refractivity contribution in [3.8, 4) is 0 Å². The highest BCUT2D eigenvalue weighted by Gasteiger charge is 2.21. The van der Waals surface area contributed by atoms with E-state index in [1.165, 1.54) is 4.52 Å². The van der Waals surface area contributed by atoms with Gasteiger partial charge in [-0.1, -0.05) is 6.92 Å². The Morgan fingerprint density at radius 1 is 1.65 bits per heavy atom. The zero-order chi connectivity index (χ0) is 11.8. The topological polar surface area (TPSA) is 59.4 Å². The van der Waals surface area contributed by atoms with E-state index in [4.69, 9.17) is 4.74 Å². The lowest BCUT2D eigenvalue weighted by molar-refractivity contribution is 0.108. The van der Waals surface area contributed by atoms with Gasteiger partial charge in [-0.15, -0.1) is 0 Å². The van der Waals surface area contributed by atoms with Gasteiger partial charge in [-0.25, -0.2) is 9.50 Å². The number of fused-ring (bicyclic) bond motifs is 1. The average molecular weight is 233 g/mol. The van der Waals surface area contributed by atoms with Crippen LogP contribution in [0.1, 0.15) is 37.1 Å². The van der Waals surface area contributed by atoms with Crippen LogP contribution >= 0.6 is 0 Å². The summed E-state index contributed by atoms with van der Waals surface area (Å²) in [6.07, 6.45) is 4.68. The van der Waals surface area contributed by atoms with Crippen molar-refractivity contribution < 1.29 is 4.74 Å². The summed E-state index contributed by atoms with van der Waals surface area (Å²) >= 11 is 0. The van der Waals surface area contributed by atoms with E-state index in [-0.39, 0.29) is 11.7 Å². The van der Waals surface area contributed by atoms with Crippen LogP contribution in [0.2, 0.25) is 0 Å². The first-order valence-corrected chi connectivity index (χ1v) is 6.01. The van der Waals surface area contributed by atoms with E-state index >= 15 is 0 Å². The van der Waals surface area contributed by atoms with Crippen molar-refractivity contribution in [3.63, 3.8) is 0 Å². The van der Waals surface area contributed by atoms with Crippen LogP contribution in [0.3, 0.4) is 0 Å². The van der Waals surface area contributed by atoms with Crippen LogP contribution in [0.4, 0.5) is 0 Å². The molecule has 1 fully saturated rings. The van der Waals surface area contributed by atoms with Crippen molar-refractivity contribution in [2.75, 3.05) is 6.61 Å². The largest absolute Gasteiger partial charge is 0.372 e. The molecule has 1 aliphatic rings. The normalized spacial score (nSPS) is 20.2. The van der Waals surface area contributed by atoms with E-state index in [2.05, 4.69) is 10.1 Å². The van der Waals surface area contributed by atoms with Gasteiger partial charge in [-0.3, -0.25) is 9.89 Å². The summed E-state index contributed by atoms with van der Waals surface area (Å²) in [6, 6.07) is 1.57. The lowest BCUT2D eigenvalue weighted by Crippen LogP contribution is -2.17. The fourth-order valence-corrected chi connectivity index (χ4v) is 2.28. The molecular weight excluding hydrogens is 218 g/mol. The van der Waals surface area contributed by atoms with Crippen molar-refractivity contribution in [3.05, 3.63) is 33.9 Å². The molecule has 1 N–H and O–H groups in total. The van der Waals surface area contributed by atoms with Crippen molar-refractivity contribution in [2.24, 2.45) is 0 Å². The highest BCUT2D eigenvalue weighted by atomic mass is 16.5. The molecule has 2 aromatic rings. The average Bonchev–Trinajstić information content (AvgIpc) is 2.97. The first-order chi connectivity index (χ1) is 8.29. The Morgan fingerprint density at radius 3 is 3.24 bits per heavy atom. The van der Waals surface area contributed by atoms with Crippen LogP contribution in [0.25, 0.3) is 5.65 Å². The summed E-state index contributed by atoms with van der Waals surface area (Å²) < 4.78 is 7.06. The van der Waals surface area contributed by atoms with Crippen LogP contribution in [0.5, 0.6) is 0 Å². The van der Waals surface area contributed by atoms with Gasteiger partial charge in [0.15, 0.2) is 5.65 Å². The van der Waals surface area contributed by atoms with Crippen LogP contribution < -0.4 is 5.56 Å². The van der Waals surface area contributed by atoms with Crippen LogP contribution in [0.15, 0.2) is 17.1 Å². The number of aromatic amines is 1. The maximum Gasteiger partial charge on any atom is 0.272 e. The van der Waals surface area contributed by atoms with Crippen molar-refractivity contribution >= 4 is 5.65 Å². The predicted octanol–water partition coefficient (Wildman–Crippen LogP) is 1.44. The van der Waals surface area contributed by atoms with E-state index in [1.54, 1.807) is 6.07 Å². The summed E-state index contributed by atoms with van der Waals surface area (Å²) in [5.74, 6) is 0. The quantitative estimate of drug-likeness (QED) is 0.853. The molecule has 5 nitrogen and oxygen atoms in total. The van der Waals surface area contributed by atoms with Gasteiger partial charge >= 0.3 is 0 Å². The first kappa shape index (κ1) is 10.5. The Labute approximate surface area is 98.4 Å². The van der Waals surface area contributed by atoms with Gasteiger partial charge in [0.2, 0.25) is 0 Å². The molecule has 3 rings (SSSR count). The number of aromatic nitrogens is 3. The summed E-state index contributed by atoms with van der Waals surface area (Å²) in [5.41, 5.74) is 2.48. The molecule has 0 aliphatic carbocycles. The van der Waals surface area contributed by atoms with Gasteiger partial charge in [-0.2, -0.15) is 0 Å². The number of aryl methyl sites for hydroxylation is 1. The maximum atomic E-state index is 11.9. The van der Waals surface area contributed by atoms with Crippen LogP contribution in [0, 0.1) is 0 Å². The smallest absolute Gasteiger partial charge is 0.272 e. The monoisotopic (exact) mass is 233 g/mol. The summed E-state index contributed by atoms with van der Waals surface area (Å²) in [4.78, 5) is 16.5. The molecule has 90 valence electrons. The van der Waals surface area contributed by atoms with Gasteiger partial charge in [0.1, 0.15) is 0 Å². The minimum absolute atomic E-state index is 0.00712. The van der Waals surface area contributed by atoms with Crippen molar-refractivity contribution in [1.29, 1.82) is 0 Å². The van der Waals surface area contributed by atoms with E-state index in [0.29, 0.717) is 0 Å². The molecule has 1 aliphatic heterocycles. The fraction of sp³-hybridized carbons (Fsp3) is 0.500. The molecule has 1 atom stereocenters. The molecule has 2 aromatic heterocycles. The van der Waals surface area contributed by atoms with E-state index in [1.807, 2.05) is 13.1 Å². The number of rotatable bonds is 2. The lowest BCUT2D eigenvalue weighted by Gasteiger charge is -2.08. The second kappa shape index (κ2) is 4.00. The Kier molecular flexibility index (Phi) is 2.48. The molecule has 5 heteroatoms. The molecule has 0 aromatic carbocycles. The summed E-state index contributed by atoms with van der Waals surface area (Å²) in [6.45, 7) is 2.81. The maximum absolute atomic E-state index is 11.9. The molecule has 1 unspecified atom stereocenters. The molecule has 17 heavy (non-hydrogen) atoms. The third kappa shape index (κ3) is 1.67. The van der Waals surface area contributed by atoms with E-state index in [9.17, 15) is 4.79 Å². The van der Waals surface area contributed by atoms with Gasteiger partial charge in [0.05, 0.1) is 11.8 Å². The van der Waals surface area contributed by atoms with Gasteiger partial charge in [0.25, 0.3) is 5.56 Å². The third-order valence-electron chi connectivity index (χ3n) is 3.23. The van der Waals surface area contributed by atoms with Crippen LogP contribution in [-0.2, 0) is 11.2 Å². The highest BCUT2D eigenvalue weighted by Crippen LogP contribution is 2.26. The molecule has 0 amide bonds. The fourth-order valence-electron chi connectivity index (χ4n) is 2.28. The second-order valence-corrected chi connectivity index (χ2v) is 4.33. The van der Waals surface area contributed by atoms with Crippen LogP contribution in [-0.4, -0.2) is 21.2 Å². The molecule has 0 saturated carbocycles. The molecule has 0 bridgehead atoms. The predicted molar refractivity (Wildman–Crippen MR) is 63.1 cm³/mol. The first-order valence-electron chi connectivity index (χ1n) is 6.01. The SMILES string of the molecule is CCc1c[nH]n2c(=O)cc(C3CCCO3)nc12. The number of nitrogens with zero attached hydrogens (tertiary/aromatic N) is 2. The van der Waals surface area contributed by atoms with E-state index in [0.717, 1.165) is 42.8 Å².